The summed E-state index contributed by atoms with van der Waals surface area (Å²) < 4.78 is 0. The molecule has 0 aliphatic heterocycles. The summed E-state index contributed by atoms with van der Waals surface area (Å²) >= 11 is 0. The zero-order valence-electron chi connectivity index (χ0n) is 10.9. The molecule has 1 unspecified atom stereocenters. The van der Waals surface area contributed by atoms with Crippen LogP contribution in [0.3, 0.4) is 0 Å². The van der Waals surface area contributed by atoms with Gasteiger partial charge in [0.2, 0.25) is 5.91 Å². The Bertz CT molecular complexity index is 380. The zero-order chi connectivity index (χ0) is 13.4. The van der Waals surface area contributed by atoms with E-state index in [9.17, 15) is 4.79 Å². The topological polar surface area (TPSA) is 75.4 Å². The summed E-state index contributed by atoms with van der Waals surface area (Å²) in [6.45, 7) is 2.55. The standard InChI is InChI=1S/C14H22N2O2/c1-2-4-13(15)8-14(18)16-9-11-5-3-6-12(7-11)10-17/h3,5-7,13,17H,2,4,8-10,15H2,1H3,(H,16,18). The number of carbonyl (C=O) groups excluding carboxylic acids is 1. The molecule has 18 heavy (non-hydrogen) atoms. The van der Waals surface area contributed by atoms with E-state index in [1.54, 1.807) is 0 Å². The highest BCUT2D eigenvalue weighted by Crippen LogP contribution is 2.05. The lowest BCUT2D eigenvalue weighted by atomic mass is 10.1. The third-order valence-corrected chi connectivity index (χ3v) is 2.77. The van der Waals surface area contributed by atoms with Gasteiger partial charge >= 0.3 is 0 Å². The Labute approximate surface area is 108 Å². The second kappa shape index (κ2) is 7.84. The van der Waals surface area contributed by atoms with Crippen molar-refractivity contribution >= 4 is 5.91 Å². The van der Waals surface area contributed by atoms with E-state index in [1.165, 1.54) is 0 Å². The van der Waals surface area contributed by atoms with E-state index in [0.717, 1.165) is 24.0 Å². The molecular weight excluding hydrogens is 228 g/mol. The lowest BCUT2D eigenvalue weighted by molar-refractivity contribution is -0.121. The largest absolute Gasteiger partial charge is 0.392 e. The van der Waals surface area contributed by atoms with Crippen molar-refractivity contribution in [3.8, 4) is 0 Å². The quantitative estimate of drug-likeness (QED) is 0.683. The molecule has 0 aliphatic carbocycles. The second-order valence-electron chi connectivity index (χ2n) is 4.51. The van der Waals surface area contributed by atoms with Gasteiger partial charge in [-0.1, -0.05) is 37.6 Å². The van der Waals surface area contributed by atoms with E-state index in [1.807, 2.05) is 24.3 Å². The molecule has 4 heteroatoms. The van der Waals surface area contributed by atoms with Gasteiger partial charge < -0.3 is 16.2 Å². The monoisotopic (exact) mass is 250 g/mol. The first-order valence-electron chi connectivity index (χ1n) is 6.36. The Hall–Kier alpha value is -1.39. The van der Waals surface area contributed by atoms with Gasteiger partial charge in [-0.25, -0.2) is 0 Å². The first-order chi connectivity index (χ1) is 8.65. The van der Waals surface area contributed by atoms with Crippen LogP contribution in [0.1, 0.15) is 37.3 Å². The van der Waals surface area contributed by atoms with E-state index in [2.05, 4.69) is 12.2 Å². The number of aliphatic hydroxyl groups is 1. The number of amides is 1. The maximum absolute atomic E-state index is 11.6. The second-order valence-corrected chi connectivity index (χ2v) is 4.51. The molecule has 4 nitrogen and oxygen atoms in total. The van der Waals surface area contributed by atoms with Crippen molar-refractivity contribution in [1.29, 1.82) is 0 Å². The SMILES string of the molecule is CCCC(N)CC(=O)NCc1cccc(CO)c1. The molecule has 0 saturated carbocycles. The van der Waals surface area contributed by atoms with Crippen LogP contribution in [-0.4, -0.2) is 17.1 Å². The van der Waals surface area contributed by atoms with Crippen LogP contribution in [0.5, 0.6) is 0 Å². The van der Waals surface area contributed by atoms with Gasteiger partial charge in [0.05, 0.1) is 6.61 Å². The van der Waals surface area contributed by atoms with Crippen LogP contribution in [0.15, 0.2) is 24.3 Å². The number of aliphatic hydroxyl groups excluding tert-OH is 1. The van der Waals surface area contributed by atoms with Crippen LogP contribution in [0.2, 0.25) is 0 Å². The van der Waals surface area contributed by atoms with Gasteiger partial charge in [0.15, 0.2) is 0 Å². The Kier molecular flexibility index (Phi) is 6.39. The van der Waals surface area contributed by atoms with E-state index in [0.29, 0.717) is 13.0 Å². The van der Waals surface area contributed by atoms with Gasteiger partial charge in [-0.15, -0.1) is 0 Å². The molecule has 0 heterocycles. The summed E-state index contributed by atoms with van der Waals surface area (Å²) in [5.41, 5.74) is 7.64. The molecule has 1 atom stereocenters. The molecule has 0 spiro atoms. The van der Waals surface area contributed by atoms with Crippen molar-refractivity contribution in [3.05, 3.63) is 35.4 Å². The van der Waals surface area contributed by atoms with Crippen LogP contribution in [0, 0.1) is 0 Å². The van der Waals surface area contributed by atoms with E-state index in [-0.39, 0.29) is 18.6 Å². The van der Waals surface area contributed by atoms with Crippen LogP contribution in [-0.2, 0) is 17.9 Å². The maximum Gasteiger partial charge on any atom is 0.221 e. The molecule has 100 valence electrons. The third-order valence-electron chi connectivity index (χ3n) is 2.77. The number of hydrogen-bond donors (Lipinski definition) is 3. The average molecular weight is 250 g/mol. The minimum atomic E-state index is -0.0567. The molecular formula is C14H22N2O2. The molecule has 0 radical (unpaired) electrons. The molecule has 1 aromatic rings. The van der Waals surface area contributed by atoms with Crippen LogP contribution in [0.4, 0.5) is 0 Å². The molecule has 1 aromatic carbocycles. The van der Waals surface area contributed by atoms with Crippen molar-refractivity contribution in [2.75, 3.05) is 0 Å². The molecule has 0 fully saturated rings. The summed E-state index contributed by atoms with van der Waals surface area (Å²) in [5.74, 6) is -0.0228. The van der Waals surface area contributed by atoms with Gasteiger partial charge in [-0.05, 0) is 17.5 Å². The van der Waals surface area contributed by atoms with Crippen LogP contribution < -0.4 is 11.1 Å². The number of hydrogen-bond acceptors (Lipinski definition) is 3. The summed E-state index contributed by atoms with van der Waals surface area (Å²) in [4.78, 5) is 11.6. The highest BCUT2D eigenvalue weighted by molar-refractivity contribution is 5.76. The number of nitrogens with one attached hydrogen (secondary N) is 1. The number of benzene rings is 1. The fraction of sp³-hybridized carbons (Fsp3) is 0.500. The molecule has 0 aromatic heterocycles. The smallest absolute Gasteiger partial charge is 0.221 e. The molecule has 0 aliphatic rings. The molecule has 0 bridgehead atoms. The Balaban J connectivity index is 2.37. The first kappa shape index (κ1) is 14.7. The van der Waals surface area contributed by atoms with E-state index in [4.69, 9.17) is 10.8 Å². The highest BCUT2D eigenvalue weighted by atomic mass is 16.3. The van der Waals surface area contributed by atoms with Gasteiger partial charge in [-0.3, -0.25) is 4.79 Å². The zero-order valence-corrected chi connectivity index (χ0v) is 10.9. The van der Waals surface area contributed by atoms with Gasteiger partial charge in [0.1, 0.15) is 0 Å². The van der Waals surface area contributed by atoms with Crippen molar-refractivity contribution in [3.63, 3.8) is 0 Å². The summed E-state index contributed by atoms with van der Waals surface area (Å²) in [7, 11) is 0. The third kappa shape index (κ3) is 5.29. The molecule has 1 rings (SSSR count). The lowest BCUT2D eigenvalue weighted by Gasteiger charge is -2.11. The maximum atomic E-state index is 11.6. The van der Waals surface area contributed by atoms with E-state index < -0.39 is 0 Å². The van der Waals surface area contributed by atoms with E-state index >= 15 is 0 Å². The van der Waals surface area contributed by atoms with Crippen LogP contribution in [0.25, 0.3) is 0 Å². The summed E-state index contributed by atoms with van der Waals surface area (Å²) in [5, 5.41) is 11.9. The minimum Gasteiger partial charge on any atom is -0.392 e. The number of carbonyl (C=O) groups is 1. The molecule has 1 amide bonds. The van der Waals surface area contributed by atoms with Crippen molar-refractivity contribution in [2.45, 2.75) is 45.4 Å². The lowest BCUT2D eigenvalue weighted by Crippen LogP contribution is -2.31. The summed E-state index contributed by atoms with van der Waals surface area (Å²) in [6, 6.07) is 7.47. The van der Waals surface area contributed by atoms with Gasteiger partial charge in [0, 0.05) is 19.0 Å². The number of nitrogens with two attached hydrogens (primary N) is 1. The number of rotatable bonds is 7. The Morgan fingerprint density at radius 1 is 1.44 bits per heavy atom. The van der Waals surface area contributed by atoms with Crippen molar-refractivity contribution < 1.29 is 9.90 Å². The predicted octanol–water partition coefficient (Wildman–Crippen LogP) is 1.31. The average Bonchev–Trinajstić information content (AvgIpc) is 2.37. The van der Waals surface area contributed by atoms with Gasteiger partial charge in [-0.2, -0.15) is 0 Å². The Morgan fingerprint density at radius 2 is 2.17 bits per heavy atom. The summed E-state index contributed by atoms with van der Waals surface area (Å²) in [6.07, 6.45) is 2.23. The highest BCUT2D eigenvalue weighted by Gasteiger charge is 2.08. The first-order valence-corrected chi connectivity index (χ1v) is 6.36. The molecule has 4 N–H and O–H groups in total. The molecule has 0 saturated heterocycles. The fourth-order valence-electron chi connectivity index (χ4n) is 1.82. The van der Waals surface area contributed by atoms with Gasteiger partial charge in [0.25, 0.3) is 0 Å². The fourth-order valence-corrected chi connectivity index (χ4v) is 1.82. The van der Waals surface area contributed by atoms with Crippen molar-refractivity contribution in [1.82, 2.24) is 5.32 Å². The minimum absolute atomic E-state index is 0.0170. The Morgan fingerprint density at radius 3 is 2.83 bits per heavy atom. The predicted molar refractivity (Wildman–Crippen MR) is 71.7 cm³/mol. The normalized spacial score (nSPS) is 12.2. The van der Waals surface area contributed by atoms with Crippen LogP contribution >= 0.6 is 0 Å². The van der Waals surface area contributed by atoms with Crippen molar-refractivity contribution in [2.24, 2.45) is 5.73 Å².